The van der Waals surface area contributed by atoms with Crippen molar-refractivity contribution in [2.75, 3.05) is 30.3 Å². The summed E-state index contributed by atoms with van der Waals surface area (Å²) in [7, 11) is -3.08. The van der Waals surface area contributed by atoms with E-state index in [0.717, 1.165) is 11.8 Å². The first-order valence-corrected chi connectivity index (χ1v) is 11.9. The van der Waals surface area contributed by atoms with Gasteiger partial charge in [-0.1, -0.05) is 11.8 Å². The lowest BCUT2D eigenvalue weighted by molar-refractivity contribution is -0.134. The van der Waals surface area contributed by atoms with Crippen LogP contribution in [0, 0.1) is 6.92 Å². The molecule has 0 unspecified atom stereocenters. The van der Waals surface area contributed by atoms with Crippen LogP contribution in [-0.2, 0) is 19.4 Å². The lowest BCUT2D eigenvalue weighted by atomic mass is 10.2. The summed E-state index contributed by atoms with van der Waals surface area (Å²) in [4.78, 5) is 26.0. The molecule has 2 amide bonds. The Labute approximate surface area is 172 Å². The van der Waals surface area contributed by atoms with Crippen molar-refractivity contribution in [1.29, 1.82) is 0 Å². The zero-order valence-electron chi connectivity index (χ0n) is 16.1. The van der Waals surface area contributed by atoms with Gasteiger partial charge in [0, 0.05) is 12.6 Å². The van der Waals surface area contributed by atoms with E-state index < -0.39 is 9.84 Å². The van der Waals surface area contributed by atoms with Crippen LogP contribution in [0.4, 0.5) is 0 Å². The molecule has 12 heteroatoms. The van der Waals surface area contributed by atoms with E-state index in [1.807, 2.05) is 0 Å². The van der Waals surface area contributed by atoms with E-state index in [9.17, 15) is 18.0 Å². The number of thioether (sulfide) groups is 1. The fourth-order valence-corrected chi connectivity index (χ4v) is 5.27. The summed E-state index contributed by atoms with van der Waals surface area (Å²) in [6.45, 7) is 3.76. The van der Waals surface area contributed by atoms with Crippen LogP contribution in [0.15, 0.2) is 26.4 Å². The number of hydrogen-bond acceptors (Lipinski definition) is 9. The monoisotopic (exact) mass is 442 g/mol. The third-order valence-corrected chi connectivity index (χ3v) is 7.05. The van der Waals surface area contributed by atoms with Gasteiger partial charge in [-0.25, -0.2) is 8.42 Å². The number of furan rings is 1. The van der Waals surface area contributed by atoms with Crippen molar-refractivity contribution in [3.8, 4) is 11.5 Å². The van der Waals surface area contributed by atoms with E-state index in [-0.39, 0.29) is 46.9 Å². The van der Waals surface area contributed by atoms with Gasteiger partial charge in [0.2, 0.25) is 11.8 Å². The quantitative estimate of drug-likeness (QED) is 0.591. The number of aromatic nitrogens is 2. The summed E-state index contributed by atoms with van der Waals surface area (Å²) in [5.41, 5.74) is 0.691. The number of aryl methyl sites for hydroxylation is 1. The second-order valence-electron chi connectivity index (χ2n) is 6.63. The molecule has 158 valence electrons. The van der Waals surface area contributed by atoms with Crippen molar-refractivity contribution < 1.29 is 26.8 Å². The van der Waals surface area contributed by atoms with Crippen LogP contribution in [-0.4, -0.2) is 71.7 Å². The molecule has 1 aliphatic heterocycles. The first-order chi connectivity index (χ1) is 13.8. The Bertz CT molecular complexity index is 984. The standard InChI is InChI=1S/C17H22N4O6S2/c1-3-21(8-14(22)18-12-5-7-29(24,25)10-12)15(23)9-28-17-20-19-16(27-17)13-4-6-26-11(13)2/h4,6,12H,3,5,7-10H2,1-2H3,(H,18,22)/t12-/m1/s1. The highest BCUT2D eigenvalue weighted by molar-refractivity contribution is 7.99. The minimum Gasteiger partial charge on any atom is -0.469 e. The van der Waals surface area contributed by atoms with Crippen LogP contribution in [0.1, 0.15) is 19.1 Å². The van der Waals surface area contributed by atoms with Crippen molar-refractivity contribution in [2.24, 2.45) is 0 Å². The highest BCUT2D eigenvalue weighted by Gasteiger charge is 2.29. The van der Waals surface area contributed by atoms with E-state index in [0.29, 0.717) is 30.2 Å². The zero-order valence-corrected chi connectivity index (χ0v) is 17.7. The van der Waals surface area contributed by atoms with Gasteiger partial charge in [-0.15, -0.1) is 10.2 Å². The second-order valence-corrected chi connectivity index (χ2v) is 9.78. The number of nitrogens with zero attached hydrogens (tertiary/aromatic N) is 3. The van der Waals surface area contributed by atoms with Gasteiger partial charge in [0.05, 0.1) is 35.6 Å². The third-order valence-electron chi connectivity index (χ3n) is 4.48. The number of nitrogens with one attached hydrogen (secondary N) is 1. The number of hydrogen-bond donors (Lipinski definition) is 1. The van der Waals surface area contributed by atoms with Gasteiger partial charge in [0.15, 0.2) is 9.84 Å². The highest BCUT2D eigenvalue weighted by atomic mass is 32.2. The van der Waals surface area contributed by atoms with Gasteiger partial charge >= 0.3 is 0 Å². The molecule has 1 aliphatic rings. The Morgan fingerprint density at radius 2 is 2.17 bits per heavy atom. The summed E-state index contributed by atoms with van der Waals surface area (Å²) in [5.74, 6) is 0.391. The average Bonchev–Trinajstić information content (AvgIpc) is 3.37. The minimum atomic E-state index is -3.08. The highest BCUT2D eigenvalue weighted by Crippen LogP contribution is 2.26. The molecule has 0 spiro atoms. The molecule has 2 aromatic heterocycles. The van der Waals surface area contributed by atoms with Crippen LogP contribution >= 0.6 is 11.8 Å². The third kappa shape index (κ3) is 5.60. The van der Waals surface area contributed by atoms with Crippen molar-refractivity contribution in [3.05, 3.63) is 18.1 Å². The molecule has 29 heavy (non-hydrogen) atoms. The minimum absolute atomic E-state index is 0.0327. The van der Waals surface area contributed by atoms with Gasteiger partial charge < -0.3 is 19.1 Å². The predicted molar refractivity (Wildman–Crippen MR) is 105 cm³/mol. The van der Waals surface area contributed by atoms with E-state index >= 15 is 0 Å². The van der Waals surface area contributed by atoms with Crippen molar-refractivity contribution in [2.45, 2.75) is 31.5 Å². The fraction of sp³-hybridized carbons (Fsp3) is 0.529. The topological polar surface area (TPSA) is 136 Å². The fourth-order valence-electron chi connectivity index (χ4n) is 2.93. The van der Waals surface area contributed by atoms with Gasteiger partial charge in [0.25, 0.3) is 11.1 Å². The Kier molecular flexibility index (Phi) is 6.63. The van der Waals surface area contributed by atoms with E-state index in [2.05, 4.69) is 15.5 Å². The van der Waals surface area contributed by atoms with E-state index in [4.69, 9.17) is 8.83 Å². The predicted octanol–water partition coefficient (Wildman–Crippen LogP) is 0.882. The molecule has 10 nitrogen and oxygen atoms in total. The summed E-state index contributed by atoms with van der Waals surface area (Å²) in [5, 5.41) is 10.8. The van der Waals surface area contributed by atoms with Crippen molar-refractivity contribution >= 4 is 33.4 Å². The number of carbonyl (C=O) groups excluding carboxylic acids is 2. The largest absolute Gasteiger partial charge is 0.469 e. The number of sulfone groups is 1. The first-order valence-electron chi connectivity index (χ1n) is 9.05. The van der Waals surface area contributed by atoms with Crippen LogP contribution in [0.2, 0.25) is 0 Å². The van der Waals surface area contributed by atoms with Crippen LogP contribution in [0.5, 0.6) is 0 Å². The SMILES string of the molecule is CCN(CC(=O)N[C@@H]1CCS(=O)(=O)C1)C(=O)CSc1nnc(-c2ccoc2C)o1. The number of rotatable bonds is 8. The maximum Gasteiger partial charge on any atom is 0.277 e. The second kappa shape index (κ2) is 8.99. The molecule has 1 N–H and O–H groups in total. The molecule has 0 radical (unpaired) electrons. The molecule has 1 atom stereocenters. The normalized spacial score (nSPS) is 17.9. The molecule has 0 saturated carbocycles. The number of amides is 2. The van der Waals surface area contributed by atoms with Crippen LogP contribution < -0.4 is 5.32 Å². The lowest BCUT2D eigenvalue weighted by Crippen LogP contribution is -2.45. The molecule has 0 aromatic carbocycles. The van der Waals surface area contributed by atoms with Crippen molar-refractivity contribution in [1.82, 2.24) is 20.4 Å². The molecular weight excluding hydrogens is 420 g/mol. The lowest BCUT2D eigenvalue weighted by Gasteiger charge is -2.21. The Balaban J connectivity index is 1.49. The molecule has 3 rings (SSSR count). The Morgan fingerprint density at radius 3 is 2.79 bits per heavy atom. The summed E-state index contributed by atoms with van der Waals surface area (Å²) < 4.78 is 33.7. The molecule has 2 aromatic rings. The van der Waals surface area contributed by atoms with E-state index in [1.165, 1.54) is 11.2 Å². The Morgan fingerprint density at radius 1 is 1.38 bits per heavy atom. The molecular formula is C17H22N4O6S2. The van der Waals surface area contributed by atoms with Gasteiger partial charge in [-0.2, -0.15) is 0 Å². The average molecular weight is 443 g/mol. The van der Waals surface area contributed by atoms with Gasteiger partial charge in [-0.3, -0.25) is 9.59 Å². The number of carbonyl (C=O) groups is 2. The molecule has 0 aliphatic carbocycles. The first kappa shape index (κ1) is 21.4. The van der Waals surface area contributed by atoms with Gasteiger partial charge in [-0.05, 0) is 26.3 Å². The molecule has 3 heterocycles. The van der Waals surface area contributed by atoms with Crippen LogP contribution in [0.25, 0.3) is 11.5 Å². The Hall–Kier alpha value is -2.34. The molecule has 1 saturated heterocycles. The summed E-state index contributed by atoms with van der Waals surface area (Å²) in [6, 6.07) is 1.33. The summed E-state index contributed by atoms with van der Waals surface area (Å²) >= 11 is 1.08. The maximum absolute atomic E-state index is 12.4. The molecule has 0 bridgehead atoms. The summed E-state index contributed by atoms with van der Waals surface area (Å²) in [6.07, 6.45) is 1.93. The smallest absolute Gasteiger partial charge is 0.277 e. The molecule has 1 fully saturated rings. The zero-order chi connectivity index (χ0) is 21.0. The van der Waals surface area contributed by atoms with Crippen LogP contribution in [0.3, 0.4) is 0 Å². The number of likely N-dealkylation sites (N-methyl/N-ethyl adjacent to an activating group) is 1. The van der Waals surface area contributed by atoms with Crippen molar-refractivity contribution in [3.63, 3.8) is 0 Å². The van der Waals surface area contributed by atoms with Gasteiger partial charge in [0.1, 0.15) is 5.76 Å². The van der Waals surface area contributed by atoms with E-state index in [1.54, 1.807) is 19.9 Å². The maximum atomic E-state index is 12.4.